The van der Waals surface area contributed by atoms with Gasteiger partial charge in [0, 0.05) is 43.9 Å². The number of aliphatic carboxylic acids is 1. The molecule has 0 heterocycles. The second-order valence-corrected chi connectivity index (χ2v) is 16.9. The molecule has 1 saturated carbocycles. The van der Waals surface area contributed by atoms with Gasteiger partial charge in [0.05, 0.1) is 31.5 Å². The molecule has 0 aromatic carbocycles. The Bertz CT molecular complexity index is 1380. The van der Waals surface area contributed by atoms with Crippen LogP contribution in [0.2, 0.25) is 0 Å². The molecule has 1 aliphatic carbocycles. The van der Waals surface area contributed by atoms with Crippen molar-refractivity contribution >= 4 is 31.5 Å². The summed E-state index contributed by atoms with van der Waals surface area (Å²) in [4.78, 5) is 59.0. The predicted octanol–water partition coefficient (Wildman–Crippen LogP) is 6.95. The Morgan fingerprint density at radius 1 is 0.750 bits per heavy atom. The van der Waals surface area contributed by atoms with Crippen molar-refractivity contribution in [2.24, 2.45) is 17.6 Å². The number of aliphatic hydroxyl groups is 3. The van der Waals surface area contributed by atoms with Crippen molar-refractivity contribution in [1.82, 2.24) is 0 Å². The number of carbonyl (C=O) groups is 4. The molecule has 1 fully saturated rings. The molecule has 0 bridgehead atoms. The van der Waals surface area contributed by atoms with E-state index in [-0.39, 0.29) is 44.3 Å². The molecule has 0 spiro atoms. The summed E-state index contributed by atoms with van der Waals surface area (Å²) in [5, 5.41) is 40.2. The smallest absolute Gasteiger partial charge is 0.472 e. The molecule has 344 valence electrons. The van der Waals surface area contributed by atoms with Gasteiger partial charge in [0.25, 0.3) is 0 Å². The van der Waals surface area contributed by atoms with Crippen LogP contribution in [0.15, 0.2) is 48.6 Å². The first-order valence-corrected chi connectivity index (χ1v) is 23.3. The zero-order valence-corrected chi connectivity index (χ0v) is 36.8. The number of carbonyl (C=O) groups excluding carboxylic acids is 3. The molecule has 15 nitrogen and oxygen atoms in total. The van der Waals surface area contributed by atoms with Gasteiger partial charge >= 0.3 is 25.7 Å². The van der Waals surface area contributed by atoms with Crippen LogP contribution in [0, 0.1) is 11.8 Å². The van der Waals surface area contributed by atoms with Crippen LogP contribution in [0.4, 0.5) is 0 Å². The molecule has 1 unspecified atom stereocenters. The number of ketones is 1. The number of carboxylic acid groups (broad SMARTS) is 1. The van der Waals surface area contributed by atoms with Crippen molar-refractivity contribution in [3.05, 3.63) is 48.6 Å². The van der Waals surface area contributed by atoms with E-state index in [9.17, 15) is 44.0 Å². The van der Waals surface area contributed by atoms with Crippen LogP contribution in [0.3, 0.4) is 0 Å². The lowest BCUT2D eigenvalue weighted by Gasteiger charge is -2.21. The number of hydrogen-bond acceptors (Lipinski definition) is 13. The summed E-state index contributed by atoms with van der Waals surface area (Å²) in [5.41, 5.74) is 5.31. The molecule has 8 atom stereocenters. The van der Waals surface area contributed by atoms with Gasteiger partial charge in [-0.1, -0.05) is 94.6 Å². The third-order valence-electron chi connectivity index (χ3n) is 10.0. The number of allylic oxidation sites excluding steroid dienone is 6. The van der Waals surface area contributed by atoms with Gasteiger partial charge < -0.3 is 40.5 Å². The van der Waals surface area contributed by atoms with Crippen LogP contribution < -0.4 is 5.73 Å². The SMILES string of the molecule is CCCCC/C=C\C/C=C\C/C=C\CCCCC(=O)OC[C@H](COP(=O)(O)OC[C@H](N)C(=O)O)OC(=O)CCCCC(=O)C[C@@H]1[C@@H](/C=C/[C@@H](O)CCCCC)[C@H](O)C[C@@H]1O. The van der Waals surface area contributed by atoms with E-state index in [4.69, 9.17) is 24.8 Å². The van der Waals surface area contributed by atoms with Crippen molar-refractivity contribution in [1.29, 1.82) is 0 Å². The Labute approximate surface area is 357 Å². The van der Waals surface area contributed by atoms with Crippen LogP contribution in [0.25, 0.3) is 0 Å². The number of hydrogen-bond donors (Lipinski definition) is 6. The lowest BCUT2D eigenvalue weighted by molar-refractivity contribution is -0.161. The molecule has 7 N–H and O–H groups in total. The van der Waals surface area contributed by atoms with Gasteiger partial charge in [-0.3, -0.25) is 28.2 Å². The summed E-state index contributed by atoms with van der Waals surface area (Å²) >= 11 is 0. The van der Waals surface area contributed by atoms with Crippen molar-refractivity contribution < 1.29 is 67.6 Å². The van der Waals surface area contributed by atoms with Crippen molar-refractivity contribution in [3.8, 4) is 0 Å². The summed E-state index contributed by atoms with van der Waals surface area (Å²) in [7, 11) is -4.83. The standard InChI is InChI=1S/C44H74NO14P/c1-3-5-7-8-9-10-11-12-13-14-15-16-17-18-20-25-42(50)56-31-36(32-57-60(54,55)58-33-39(45)44(52)53)59-43(51)26-22-21-24-35(47)29-38-37(40(48)30-41(38)49)28-27-34(46)23-19-6-4-2/h9-10,12-13,15-16,27-28,34,36-41,46,48-49H,3-8,11,14,17-26,29-33,45H2,1-2H3,(H,52,53)(H,54,55)/b10-9-,13-12-,16-15-,28-27+/t34-,36+,37+,38+,39-,40+,41-/m0/s1. The monoisotopic (exact) mass is 871 g/mol. The molecule has 0 aromatic rings. The van der Waals surface area contributed by atoms with E-state index >= 15 is 0 Å². The third kappa shape index (κ3) is 27.8. The molecule has 60 heavy (non-hydrogen) atoms. The largest absolute Gasteiger partial charge is 0.480 e. The van der Waals surface area contributed by atoms with Crippen molar-refractivity contribution in [2.45, 2.75) is 173 Å². The van der Waals surface area contributed by atoms with Gasteiger partial charge in [-0.2, -0.15) is 0 Å². The van der Waals surface area contributed by atoms with E-state index in [1.54, 1.807) is 12.2 Å². The molecule has 16 heteroatoms. The number of esters is 2. The maximum absolute atomic E-state index is 12.9. The zero-order valence-electron chi connectivity index (χ0n) is 35.9. The minimum atomic E-state index is -4.83. The van der Waals surface area contributed by atoms with Crippen LogP contribution in [0.1, 0.15) is 142 Å². The molecule has 0 radical (unpaired) electrons. The fourth-order valence-electron chi connectivity index (χ4n) is 6.48. The van der Waals surface area contributed by atoms with Gasteiger partial charge in [0.1, 0.15) is 18.4 Å². The summed E-state index contributed by atoms with van der Waals surface area (Å²) in [6.45, 7) is 2.23. The quantitative estimate of drug-likeness (QED) is 0.0161. The van der Waals surface area contributed by atoms with Crippen molar-refractivity contribution in [3.63, 3.8) is 0 Å². The van der Waals surface area contributed by atoms with Gasteiger partial charge in [-0.25, -0.2) is 4.57 Å². The minimum absolute atomic E-state index is 0.0287. The number of Topliss-reactive ketones (excluding diaryl/α,β-unsaturated/α-hetero) is 1. The number of carboxylic acids is 1. The van der Waals surface area contributed by atoms with Crippen molar-refractivity contribution in [2.75, 3.05) is 19.8 Å². The number of phosphoric ester groups is 1. The van der Waals surface area contributed by atoms with Gasteiger partial charge in [0.2, 0.25) is 0 Å². The van der Waals surface area contributed by atoms with Gasteiger partial charge in [-0.15, -0.1) is 0 Å². The normalized spacial score (nSPS) is 20.9. The van der Waals surface area contributed by atoms with Crippen LogP contribution in [-0.2, 0) is 42.3 Å². The minimum Gasteiger partial charge on any atom is -0.480 e. The number of unbranched alkanes of at least 4 members (excludes halogenated alkanes) is 8. The van der Waals surface area contributed by atoms with E-state index in [1.807, 2.05) is 0 Å². The average molecular weight is 872 g/mol. The van der Waals surface area contributed by atoms with E-state index in [1.165, 1.54) is 19.3 Å². The Hall–Kier alpha value is -3.01. The first-order valence-electron chi connectivity index (χ1n) is 21.8. The van der Waals surface area contributed by atoms with E-state index < -0.39 is 87.8 Å². The maximum Gasteiger partial charge on any atom is 0.472 e. The topological polar surface area (TPSA) is 249 Å². The fraction of sp³-hybridized carbons (Fsp3) is 0.727. The highest BCUT2D eigenvalue weighted by Crippen LogP contribution is 2.43. The molecule has 0 saturated heterocycles. The fourth-order valence-corrected chi connectivity index (χ4v) is 7.26. The highest BCUT2D eigenvalue weighted by Gasteiger charge is 2.41. The van der Waals surface area contributed by atoms with Gasteiger partial charge in [-0.05, 0) is 64.2 Å². The number of ether oxygens (including phenoxy) is 2. The highest BCUT2D eigenvalue weighted by molar-refractivity contribution is 7.47. The summed E-state index contributed by atoms with van der Waals surface area (Å²) < 4.78 is 32.5. The third-order valence-corrected chi connectivity index (χ3v) is 11.0. The molecule has 0 amide bonds. The zero-order chi connectivity index (χ0) is 44.6. The lowest BCUT2D eigenvalue weighted by Crippen LogP contribution is -2.34. The number of phosphoric acid groups is 1. The Kier molecular flexibility index (Phi) is 30.8. The molecule has 0 aromatic heterocycles. The molecule has 1 aliphatic rings. The summed E-state index contributed by atoms with van der Waals surface area (Å²) in [5.74, 6) is -3.90. The second-order valence-electron chi connectivity index (χ2n) is 15.4. The molecular weight excluding hydrogens is 797 g/mol. The van der Waals surface area contributed by atoms with E-state index in [0.717, 1.165) is 51.4 Å². The van der Waals surface area contributed by atoms with Crippen LogP contribution >= 0.6 is 7.82 Å². The maximum atomic E-state index is 12.9. The number of aliphatic hydroxyl groups excluding tert-OH is 3. The molecular formula is C44H74NO14P. The van der Waals surface area contributed by atoms with Gasteiger partial charge in [0.15, 0.2) is 6.10 Å². The number of nitrogens with two attached hydrogens (primary N) is 1. The highest BCUT2D eigenvalue weighted by atomic mass is 31.2. The second kappa shape index (κ2) is 33.6. The van der Waals surface area contributed by atoms with E-state index in [2.05, 4.69) is 54.8 Å². The molecule has 0 aliphatic heterocycles. The Morgan fingerprint density at radius 3 is 1.97 bits per heavy atom. The first-order chi connectivity index (χ1) is 28.7. The average Bonchev–Trinajstić information content (AvgIpc) is 3.47. The number of rotatable bonds is 36. The summed E-state index contributed by atoms with van der Waals surface area (Å²) in [6.07, 6.45) is 25.3. The van der Waals surface area contributed by atoms with Crippen LogP contribution in [0.5, 0.6) is 0 Å². The molecule has 1 rings (SSSR count). The Morgan fingerprint density at radius 2 is 1.32 bits per heavy atom. The van der Waals surface area contributed by atoms with Crippen LogP contribution in [-0.4, -0.2) is 99.3 Å². The Balaban J connectivity index is 2.57. The first kappa shape index (κ1) is 55.0. The predicted molar refractivity (Wildman–Crippen MR) is 228 cm³/mol. The van der Waals surface area contributed by atoms with E-state index in [0.29, 0.717) is 19.3 Å². The summed E-state index contributed by atoms with van der Waals surface area (Å²) in [6, 6.07) is -1.59. The lowest BCUT2D eigenvalue weighted by atomic mass is 9.87.